The topological polar surface area (TPSA) is 64.3 Å². The van der Waals surface area contributed by atoms with E-state index < -0.39 is 0 Å². The van der Waals surface area contributed by atoms with E-state index in [0.29, 0.717) is 18.6 Å². The summed E-state index contributed by atoms with van der Waals surface area (Å²) in [5.74, 6) is 1.36. The van der Waals surface area contributed by atoms with E-state index in [2.05, 4.69) is 5.32 Å². The molecule has 20 heavy (non-hydrogen) atoms. The van der Waals surface area contributed by atoms with Crippen LogP contribution < -0.4 is 15.8 Å². The maximum Gasteiger partial charge on any atom is 0.231 e. The van der Waals surface area contributed by atoms with Crippen molar-refractivity contribution in [1.29, 1.82) is 0 Å². The van der Waals surface area contributed by atoms with Gasteiger partial charge in [0.1, 0.15) is 18.3 Å². The Bertz CT molecular complexity index is 481. The van der Waals surface area contributed by atoms with Gasteiger partial charge < -0.3 is 15.8 Å². The Balaban J connectivity index is 1.53. The number of hydrogen-bond donors (Lipinski definition) is 2. The minimum Gasteiger partial charge on any atom is -0.492 e. The van der Waals surface area contributed by atoms with E-state index in [1.165, 1.54) is 0 Å². The molecule has 1 heterocycles. The van der Waals surface area contributed by atoms with Crippen molar-refractivity contribution < 1.29 is 9.53 Å². The van der Waals surface area contributed by atoms with Gasteiger partial charge >= 0.3 is 0 Å². The largest absolute Gasteiger partial charge is 0.492 e. The Morgan fingerprint density at radius 1 is 1.25 bits per heavy atom. The molecule has 0 spiro atoms. The molecule has 1 unspecified atom stereocenters. The number of nitrogens with one attached hydrogen (secondary N) is 1. The zero-order valence-electron chi connectivity index (χ0n) is 11.7. The molecule has 4 nitrogen and oxygen atoms in total. The molecule has 1 aromatic carbocycles. The first kappa shape index (κ1) is 13.4. The quantitative estimate of drug-likeness (QED) is 0.883. The van der Waals surface area contributed by atoms with Crippen LogP contribution in [0.15, 0.2) is 24.3 Å². The van der Waals surface area contributed by atoms with E-state index in [-0.39, 0.29) is 11.8 Å². The Morgan fingerprint density at radius 3 is 2.80 bits per heavy atom. The Morgan fingerprint density at radius 2 is 2.00 bits per heavy atom. The summed E-state index contributed by atoms with van der Waals surface area (Å²) in [6, 6.07) is 8.15. The van der Waals surface area contributed by atoms with Gasteiger partial charge in [-0.3, -0.25) is 4.79 Å². The number of hydrogen-bond acceptors (Lipinski definition) is 3. The molecule has 0 aromatic heterocycles. The molecule has 108 valence electrons. The Hall–Kier alpha value is -1.55. The number of para-hydroxylation sites is 1. The van der Waals surface area contributed by atoms with Crippen molar-refractivity contribution in [2.24, 2.45) is 11.7 Å². The molecule has 1 saturated carbocycles. The van der Waals surface area contributed by atoms with E-state index in [1.54, 1.807) is 0 Å². The van der Waals surface area contributed by atoms with Crippen LogP contribution >= 0.6 is 0 Å². The van der Waals surface area contributed by atoms with Gasteiger partial charge in [-0.05, 0) is 37.7 Å². The van der Waals surface area contributed by atoms with E-state index in [0.717, 1.165) is 43.5 Å². The molecule has 3 rings (SSSR count). The summed E-state index contributed by atoms with van der Waals surface area (Å²) in [7, 11) is 0. The fourth-order valence-electron chi connectivity index (χ4n) is 3.14. The highest BCUT2D eigenvalue weighted by atomic mass is 16.5. The molecule has 0 saturated heterocycles. The minimum atomic E-state index is -0.156. The zero-order valence-corrected chi connectivity index (χ0v) is 11.7. The molecule has 0 radical (unpaired) electrons. The highest BCUT2D eigenvalue weighted by Gasteiger charge is 2.30. The average Bonchev–Trinajstić information content (AvgIpc) is 2.90. The van der Waals surface area contributed by atoms with Crippen molar-refractivity contribution in [3.8, 4) is 5.75 Å². The molecule has 1 atom stereocenters. The molecule has 3 N–H and O–H groups in total. The van der Waals surface area contributed by atoms with Gasteiger partial charge in [-0.2, -0.15) is 0 Å². The summed E-state index contributed by atoms with van der Waals surface area (Å²) in [5.41, 5.74) is 6.91. The first-order valence-electron chi connectivity index (χ1n) is 7.49. The van der Waals surface area contributed by atoms with Gasteiger partial charge in [0.25, 0.3) is 0 Å². The zero-order chi connectivity index (χ0) is 13.9. The molecular weight excluding hydrogens is 252 g/mol. The van der Waals surface area contributed by atoms with Gasteiger partial charge in [-0.25, -0.2) is 0 Å². The van der Waals surface area contributed by atoms with Crippen LogP contribution in [0, 0.1) is 5.92 Å². The Labute approximate surface area is 119 Å². The summed E-state index contributed by atoms with van der Waals surface area (Å²) in [6.45, 7) is 1.23. The van der Waals surface area contributed by atoms with Crippen LogP contribution in [0.4, 0.5) is 0 Å². The van der Waals surface area contributed by atoms with Crippen LogP contribution in [0.1, 0.15) is 37.2 Å². The lowest BCUT2D eigenvalue weighted by Gasteiger charge is -2.26. The van der Waals surface area contributed by atoms with Gasteiger partial charge in [0.2, 0.25) is 5.91 Å². The van der Waals surface area contributed by atoms with Crippen LogP contribution in [0.25, 0.3) is 0 Å². The third-order valence-corrected chi connectivity index (χ3v) is 4.47. The number of fused-ring (bicyclic) bond motifs is 1. The predicted molar refractivity (Wildman–Crippen MR) is 77.6 cm³/mol. The fraction of sp³-hybridized carbons (Fsp3) is 0.562. The third-order valence-electron chi connectivity index (χ3n) is 4.47. The van der Waals surface area contributed by atoms with Crippen LogP contribution in [0.2, 0.25) is 0 Å². The fourth-order valence-corrected chi connectivity index (χ4v) is 3.14. The summed E-state index contributed by atoms with van der Waals surface area (Å²) < 4.78 is 5.56. The molecular formula is C16H22N2O2. The Kier molecular flexibility index (Phi) is 3.92. The molecule has 1 aromatic rings. The van der Waals surface area contributed by atoms with Gasteiger partial charge in [-0.1, -0.05) is 18.2 Å². The molecule has 2 aliphatic rings. The number of benzene rings is 1. The first-order valence-corrected chi connectivity index (χ1v) is 7.49. The van der Waals surface area contributed by atoms with E-state index in [1.807, 2.05) is 24.3 Å². The standard InChI is InChI=1S/C16H22N2O2/c17-12-7-5-11(6-8-12)9-18-16(19)14-10-20-15-4-2-1-3-13(14)15/h1-4,11-12,14H,5-10,17H2,(H,18,19). The van der Waals surface area contributed by atoms with Gasteiger partial charge in [-0.15, -0.1) is 0 Å². The van der Waals surface area contributed by atoms with Crippen molar-refractivity contribution in [3.63, 3.8) is 0 Å². The lowest BCUT2D eigenvalue weighted by atomic mass is 9.86. The van der Waals surface area contributed by atoms with Crippen molar-refractivity contribution in [2.45, 2.75) is 37.6 Å². The maximum atomic E-state index is 12.3. The smallest absolute Gasteiger partial charge is 0.231 e. The highest BCUT2D eigenvalue weighted by Crippen LogP contribution is 2.33. The summed E-state index contributed by atoms with van der Waals surface area (Å²) in [4.78, 5) is 12.3. The number of ether oxygens (including phenoxy) is 1. The molecule has 4 heteroatoms. The van der Waals surface area contributed by atoms with Gasteiger partial charge in [0.05, 0.1) is 0 Å². The number of carbonyl (C=O) groups excluding carboxylic acids is 1. The summed E-state index contributed by atoms with van der Waals surface area (Å²) >= 11 is 0. The third kappa shape index (κ3) is 2.80. The van der Waals surface area contributed by atoms with Crippen molar-refractivity contribution >= 4 is 5.91 Å². The van der Waals surface area contributed by atoms with Crippen LogP contribution in [0.3, 0.4) is 0 Å². The second-order valence-corrected chi connectivity index (χ2v) is 5.93. The summed E-state index contributed by atoms with van der Waals surface area (Å²) in [5, 5.41) is 3.09. The average molecular weight is 274 g/mol. The van der Waals surface area contributed by atoms with Crippen molar-refractivity contribution in [3.05, 3.63) is 29.8 Å². The lowest BCUT2D eigenvalue weighted by Crippen LogP contribution is -2.36. The molecule has 1 fully saturated rings. The van der Waals surface area contributed by atoms with Crippen molar-refractivity contribution in [1.82, 2.24) is 5.32 Å². The predicted octanol–water partition coefficient (Wildman–Crippen LogP) is 1.80. The maximum absolute atomic E-state index is 12.3. The second kappa shape index (κ2) is 5.83. The lowest BCUT2D eigenvalue weighted by molar-refractivity contribution is -0.123. The second-order valence-electron chi connectivity index (χ2n) is 5.93. The van der Waals surface area contributed by atoms with Crippen molar-refractivity contribution in [2.75, 3.05) is 13.2 Å². The summed E-state index contributed by atoms with van der Waals surface area (Å²) in [6.07, 6.45) is 4.41. The van der Waals surface area contributed by atoms with Crippen LogP contribution in [-0.2, 0) is 4.79 Å². The number of nitrogens with two attached hydrogens (primary N) is 1. The molecule has 0 bridgehead atoms. The normalized spacial score (nSPS) is 28.6. The van der Waals surface area contributed by atoms with Crippen LogP contribution in [0.5, 0.6) is 5.75 Å². The highest BCUT2D eigenvalue weighted by molar-refractivity contribution is 5.85. The van der Waals surface area contributed by atoms with Gasteiger partial charge in [0.15, 0.2) is 0 Å². The van der Waals surface area contributed by atoms with Gasteiger partial charge in [0, 0.05) is 18.2 Å². The monoisotopic (exact) mass is 274 g/mol. The number of rotatable bonds is 3. The van der Waals surface area contributed by atoms with E-state index >= 15 is 0 Å². The molecule has 1 aliphatic heterocycles. The van der Waals surface area contributed by atoms with E-state index in [4.69, 9.17) is 10.5 Å². The molecule has 1 aliphatic carbocycles. The SMILES string of the molecule is NC1CCC(CNC(=O)C2COc3ccccc32)CC1. The van der Waals surface area contributed by atoms with Crippen LogP contribution in [-0.4, -0.2) is 25.1 Å². The van der Waals surface area contributed by atoms with E-state index in [9.17, 15) is 4.79 Å². The first-order chi connectivity index (χ1) is 9.74. The number of amides is 1. The number of carbonyl (C=O) groups is 1. The minimum absolute atomic E-state index is 0.0878. The molecule has 1 amide bonds.